The Balaban J connectivity index is 2.31. The van der Waals surface area contributed by atoms with E-state index in [1.807, 2.05) is 0 Å². The van der Waals surface area contributed by atoms with Gasteiger partial charge in [0.25, 0.3) is 0 Å². The lowest BCUT2D eigenvalue weighted by molar-refractivity contribution is 0.682. The Hall–Kier alpha value is -0.740. The number of benzene rings is 2. The van der Waals surface area contributed by atoms with Crippen molar-refractivity contribution in [1.29, 1.82) is 0 Å². The first kappa shape index (κ1) is 14.7. The lowest BCUT2D eigenvalue weighted by Gasteiger charge is -2.08. The van der Waals surface area contributed by atoms with Crippen LogP contribution in [0.3, 0.4) is 0 Å². The van der Waals surface area contributed by atoms with Crippen LogP contribution in [0.1, 0.15) is 5.56 Å². The van der Waals surface area contributed by atoms with Crippen molar-refractivity contribution in [3.63, 3.8) is 0 Å². The van der Waals surface area contributed by atoms with E-state index in [0.717, 1.165) is 0 Å². The second kappa shape index (κ2) is 6.14. The summed E-state index contributed by atoms with van der Waals surface area (Å²) in [7, 11) is -1.33. The average molecular weight is 335 g/mol. The summed E-state index contributed by atoms with van der Waals surface area (Å²) in [6.07, 6.45) is 0. The smallest absolute Gasteiger partial charge is 0.0590 e. The molecule has 0 fully saturated rings. The molecule has 0 bridgehead atoms. The molecular weight excluding hydrogens is 325 g/mol. The highest BCUT2D eigenvalue weighted by Gasteiger charge is 2.14. The maximum absolute atomic E-state index is 12.3. The lowest BCUT2D eigenvalue weighted by atomic mass is 10.2. The molecule has 0 amide bonds. The minimum absolute atomic E-state index is 0.210. The minimum atomic E-state index is -1.33. The normalized spacial score (nSPS) is 12.4. The fourth-order valence-corrected chi connectivity index (χ4v) is 3.94. The molecule has 0 spiro atoms. The maximum Gasteiger partial charge on any atom is 0.0590 e. The molecule has 0 aliphatic carbocycles. The second-order valence-electron chi connectivity index (χ2n) is 3.88. The van der Waals surface area contributed by atoms with Crippen LogP contribution in [0.2, 0.25) is 15.1 Å². The van der Waals surface area contributed by atoms with Gasteiger partial charge in [0.1, 0.15) is 0 Å². The van der Waals surface area contributed by atoms with Gasteiger partial charge in [-0.15, -0.1) is 0 Å². The Bertz CT molecular complexity index is 626. The summed E-state index contributed by atoms with van der Waals surface area (Å²) in [5.74, 6) is 0.210. The Labute approximate surface area is 128 Å². The van der Waals surface area contributed by atoms with Gasteiger partial charge in [0.15, 0.2) is 0 Å². The van der Waals surface area contributed by atoms with Crippen LogP contribution in [-0.2, 0) is 16.6 Å². The molecule has 0 radical (unpaired) electrons. The van der Waals surface area contributed by atoms with Crippen molar-refractivity contribution < 1.29 is 4.21 Å². The molecule has 2 aromatic rings. The standard InChI is InChI=1S/C13H10Cl3NOS/c14-10-2-1-3-11(15)9(10)7-19(18)13-5-4-8(17)6-12(13)16/h1-6H,7,17H2. The van der Waals surface area contributed by atoms with Crippen molar-refractivity contribution in [2.75, 3.05) is 5.73 Å². The molecule has 1 atom stereocenters. The van der Waals surface area contributed by atoms with E-state index in [2.05, 4.69) is 0 Å². The SMILES string of the molecule is Nc1ccc(S(=O)Cc2c(Cl)cccc2Cl)c(Cl)c1. The second-order valence-corrected chi connectivity index (χ2v) is 6.52. The maximum atomic E-state index is 12.3. The van der Waals surface area contributed by atoms with Crippen LogP contribution >= 0.6 is 34.8 Å². The van der Waals surface area contributed by atoms with Gasteiger partial charge in [-0.25, -0.2) is 0 Å². The van der Waals surface area contributed by atoms with E-state index in [0.29, 0.717) is 31.2 Å². The molecule has 100 valence electrons. The Morgan fingerprint density at radius 1 is 1.00 bits per heavy atom. The summed E-state index contributed by atoms with van der Waals surface area (Å²) < 4.78 is 12.3. The largest absolute Gasteiger partial charge is 0.399 e. The summed E-state index contributed by atoms with van der Waals surface area (Å²) in [5, 5.41) is 1.36. The van der Waals surface area contributed by atoms with Crippen LogP contribution in [0.4, 0.5) is 5.69 Å². The molecule has 0 aromatic heterocycles. The number of hydrogen-bond donors (Lipinski definition) is 1. The van der Waals surface area contributed by atoms with Crippen molar-refractivity contribution >= 4 is 51.3 Å². The first-order valence-electron chi connectivity index (χ1n) is 5.35. The Morgan fingerprint density at radius 3 is 2.21 bits per heavy atom. The van der Waals surface area contributed by atoms with Gasteiger partial charge < -0.3 is 5.73 Å². The topological polar surface area (TPSA) is 43.1 Å². The van der Waals surface area contributed by atoms with E-state index >= 15 is 0 Å². The van der Waals surface area contributed by atoms with E-state index in [9.17, 15) is 4.21 Å². The quantitative estimate of drug-likeness (QED) is 0.838. The first-order chi connectivity index (χ1) is 8.99. The van der Waals surface area contributed by atoms with Crippen LogP contribution in [0.5, 0.6) is 0 Å². The number of nitrogen functional groups attached to an aromatic ring is 1. The van der Waals surface area contributed by atoms with E-state index in [1.165, 1.54) is 0 Å². The van der Waals surface area contributed by atoms with Gasteiger partial charge in [-0.1, -0.05) is 40.9 Å². The summed E-state index contributed by atoms with van der Waals surface area (Å²) in [4.78, 5) is 0.520. The van der Waals surface area contributed by atoms with Gasteiger partial charge in [0, 0.05) is 21.3 Å². The zero-order valence-corrected chi connectivity index (χ0v) is 12.8. The monoisotopic (exact) mass is 333 g/mol. The highest BCUT2D eigenvalue weighted by atomic mass is 35.5. The molecule has 2 rings (SSSR count). The number of rotatable bonds is 3. The summed E-state index contributed by atoms with van der Waals surface area (Å²) in [6, 6.07) is 10.1. The third kappa shape index (κ3) is 3.42. The number of nitrogens with two attached hydrogens (primary N) is 1. The molecule has 0 saturated carbocycles. The molecule has 1 unspecified atom stereocenters. The zero-order valence-electron chi connectivity index (χ0n) is 9.70. The van der Waals surface area contributed by atoms with Gasteiger partial charge in [-0.2, -0.15) is 0 Å². The molecule has 0 saturated heterocycles. The predicted molar refractivity (Wildman–Crippen MR) is 82.4 cm³/mol. The van der Waals surface area contributed by atoms with Gasteiger partial charge in [-0.05, 0) is 30.3 Å². The molecule has 0 aliphatic heterocycles. The van der Waals surface area contributed by atoms with E-state index < -0.39 is 10.8 Å². The predicted octanol–water partition coefficient (Wildman–Crippen LogP) is 4.54. The van der Waals surface area contributed by atoms with Crippen molar-refractivity contribution in [2.24, 2.45) is 0 Å². The first-order valence-corrected chi connectivity index (χ1v) is 7.80. The molecule has 2 aromatic carbocycles. The minimum Gasteiger partial charge on any atom is -0.399 e. The van der Waals surface area contributed by atoms with Crippen LogP contribution in [-0.4, -0.2) is 4.21 Å². The highest BCUT2D eigenvalue weighted by molar-refractivity contribution is 7.84. The fourth-order valence-electron chi connectivity index (χ4n) is 1.58. The van der Waals surface area contributed by atoms with E-state index in [1.54, 1.807) is 36.4 Å². The van der Waals surface area contributed by atoms with Crippen molar-refractivity contribution in [3.8, 4) is 0 Å². The van der Waals surface area contributed by atoms with Crippen molar-refractivity contribution in [2.45, 2.75) is 10.6 Å². The molecule has 0 heterocycles. The molecular formula is C13H10Cl3NOS. The fraction of sp³-hybridized carbons (Fsp3) is 0.0769. The van der Waals surface area contributed by atoms with Crippen molar-refractivity contribution in [1.82, 2.24) is 0 Å². The number of halogens is 3. The third-order valence-electron chi connectivity index (χ3n) is 2.54. The average Bonchev–Trinajstić information content (AvgIpc) is 2.33. The summed E-state index contributed by atoms with van der Waals surface area (Å²) in [6.45, 7) is 0. The van der Waals surface area contributed by atoms with E-state index in [-0.39, 0.29) is 5.75 Å². The molecule has 2 nitrogen and oxygen atoms in total. The zero-order chi connectivity index (χ0) is 14.0. The van der Waals surface area contributed by atoms with E-state index in [4.69, 9.17) is 40.5 Å². The van der Waals surface area contributed by atoms with Gasteiger partial charge in [0.05, 0.1) is 26.5 Å². The number of hydrogen-bond acceptors (Lipinski definition) is 2. The van der Waals surface area contributed by atoms with Gasteiger partial charge in [0.2, 0.25) is 0 Å². The van der Waals surface area contributed by atoms with Crippen LogP contribution in [0, 0.1) is 0 Å². The van der Waals surface area contributed by atoms with Gasteiger partial charge >= 0.3 is 0 Å². The summed E-state index contributed by atoms with van der Waals surface area (Å²) >= 11 is 18.1. The Kier molecular flexibility index (Phi) is 4.74. The van der Waals surface area contributed by atoms with Gasteiger partial charge in [-0.3, -0.25) is 4.21 Å². The van der Waals surface area contributed by atoms with Crippen LogP contribution in [0.25, 0.3) is 0 Å². The summed E-state index contributed by atoms with van der Waals surface area (Å²) in [5.41, 5.74) is 6.78. The number of anilines is 1. The lowest BCUT2D eigenvalue weighted by Crippen LogP contribution is -1.99. The molecule has 19 heavy (non-hydrogen) atoms. The molecule has 2 N–H and O–H groups in total. The Morgan fingerprint density at radius 2 is 1.63 bits per heavy atom. The highest BCUT2D eigenvalue weighted by Crippen LogP contribution is 2.29. The third-order valence-corrected chi connectivity index (χ3v) is 5.07. The van der Waals surface area contributed by atoms with Crippen LogP contribution in [0.15, 0.2) is 41.3 Å². The molecule has 6 heteroatoms. The van der Waals surface area contributed by atoms with Crippen molar-refractivity contribution in [3.05, 3.63) is 57.0 Å². The van der Waals surface area contributed by atoms with Crippen LogP contribution < -0.4 is 5.73 Å². The molecule has 0 aliphatic rings.